The van der Waals surface area contributed by atoms with Crippen molar-refractivity contribution in [3.05, 3.63) is 35.1 Å². The third-order valence-corrected chi connectivity index (χ3v) is 2.36. The van der Waals surface area contributed by atoms with Gasteiger partial charge in [0.25, 0.3) is 5.91 Å². The van der Waals surface area contributed by atoms with Crippen LogP contribution in [-0.2, 0) is 11.0 Å². The highest BCUT2D eigenvalue weighted by atomic mass is 19.4. The fourth-order valence-corrected chi connectivity index (χ4v) is 1.59. The molecule has 0 aliphatic carbocycles. The molecule has 8 heteroatoms. The van der Waals surface area contributed by atoms with Crippen molar-refractivity contribution >= 4 is 11.9 Å². The number of imide groups is 1. The third-order valence-electron chi connectivity index (χ3n) is 2.36. The fraction of sp³-hybridized carbons (Fsp3) is 0.200. The third kappa shape index (κ3) is 2.27. The second-order valence-corrected chi connectivity index (χ2v) is 3.67. The lowest BCUT2D eigenvalue weighted by Crippen LogP contribution is -2.22. The Hall–Kier alpha value is -2.12. The summed E-state index contributed by atoms with van der Waals surface area (Å²) in [7, 11) is 0. The van der Waals surface area contributed by atoms with Crippen molar-refractivity contribution in [3.63, 3.8) is 0 Å². The average Bonchev–Trinajstić information content (AvgIpc) is 2.55. The van der Waals surface area contributed by atoms with E-state index < -0.39 is 35.5 Å². The zero-order valence-electron chi connectivity index (χ0n) is 8.64. The SMILES string of the molecule is O=C1NC(=O)C(c2cc(F)cc(C(F)(F)F)c2)N1. The number of carbonyl (C=O) groups is 2. The lowest BCUT2D eigenvalue weighted by atomic mass is 10.0. The van der Waals surface area contributed by atoms with Crippen molar-refractivity contribution in [2.24, 2.45) is 0 Å². The molecule has 1 aliphatic rings. The molecule has 1 atom stereocenters. The van der Waals surface area contributed by atoms with Crippen LogP contribution in [-0.4, -0.2) is 11.9 Å². The highest BCUT2D eigenvalue weighted by molar-refractivity contribution is 6.04. The first-order valence-electron chi connectivity index (χ1n) is 4.76. The van der Waals surface area contributed by atoms with Gasteiger partial charge in [-0.1, -0.05) is 0 Å². The van der Waals surface area contributed by atoms with E-state index in [2.05, 4.69) is 5.32 Å². The topological polar surface area (TPSA) is 58.2 Å². The van der Waals surface area contributed by atoms with Gasteiger partial charge in [-0.2, -0.15) is 13.2 Å². The van der Waals surface area contributed by atoms with Crippen LogP contribution >= 0.6 is 0 Å². The molecular weight excluding hydrogens is 256 g/mol. The van der Waals surface area contributed by atoms with Gasteiger partial charge in [0.05, 0.1) is 5.56 Å². The smallest absolute Gasteiger partial charge is 0.322 e. The first-order valence-corrected chi connectivity index (χ1v) is 4.76. The number of hydrogen-bond donors (Lipinski definition) is 2. The van der Waals surface area contributed by atoms with E-state index in [1.54, 1.807) is 0 Å². The van der Waals surface area contributed by atoms with Crippen LogP contribution in [0.1, 0.15) is 17.2 Å². The predicted molar refractivity (Wildman–Crippen MR) is 50.8 cm³/mol. The molecular formula is C10H6F4N2O2. The zero-order valence-corrected chi connectivity index (χ0v) is 8.64. The van der Waals surface area contributed by atoms with Crippen LogP contribution in [0, 0.1) is 5.82 Å². The molecule has 0 bridgehead atoms. The highest BCUT2D eigenvalue weighted by Gasteiger charge is 2.35. The summed E-state index contributed by atoms with van der Waals surface area (Å²) in [6.07, 6.45) is -4.73. The molecule has 1 aromatic rings. The molecule has 1 unspecified atom stereocenters. The summed E-state index contributed by atoms with van der Waals surface area (Å²) < 4.78 is 50.5. The molecule has 2 rings (SSSR count). The van der Waals surface area contributed by atoms with E-state index in [0.717, 1.165) is 6.07 Å². The minimum Gasteiger partial charge on any atom is -0.322 e. The molecule has 2 N–H and O–H groups in total. The molecule has 1 fully saturated rings. The fourth-order valence-electron chi connectivity index (χ4n) is 1.59. The maximum atomic E-state index is 13.1. The van der Waals surface area contributed by atoms with Crippen molar-refractivity contribution in [2.45, 2.75) is 12.2 Å². The van der Waals surface area contributed by atoms with Crippen LogP contribution < -0.4 is 10.6 Å². The van der Waals surface area contributed by atoms with E-state index >= 15 is 0 Å². The van der Waals surface area contributed by atoms with Crippen LogP contribution in [0.15, 0.2) is 18.2 Å². The Bertz CT molecular complexity index is 527. The number of carbonyl (C=O) groups excluding carboxylic acids is 2. The lowest BCUT2D eigenvalue weighted by Gasteiger charge is -2.12. The molecule has 4 nitrogen and oxygen atoms in total. The number of rotatable bonds is 1. The number of hydrogen-bond acceptors (Lipinski definition) is 2. The summed E-state index contributed by atoms with van der Waals surface area (Å²) in [6.45, 7) is 0. The first kappa shape index (κ1) is 12.3. The maximum absolute atomic E-state index is 13.1. The van der Waals surface area contributed by atoms with Gasteiger partial charge in [-0.15, -0.1) is 0 Å². The Morgan fingerprint density at radius 2 is 1.78 bits per heavy atom. The first-order chi connectivity index (χ1) is 8.27. The van der Waals surface area contributed by atoms with E-state index in [4.69, 9.17) is 0 Å². The van der Waals surface area contributed by atoms with Gasteiger partial charge in [-0.25, -0.2) is 9.18 Å². The van der Waals surface area contributed by atoms with Crippen molar-refractivity contribution in [2.75, 3.05) is 0 Å². The van der Waals surface area contributed by atoms with Gasteiger partial charge in [0.15, 0.2) is 0 Å². The van der Waals surface area contributed by atoms with Gasteiger partial charge in [0, 0.05) is 0 Å². The predicted octanol–water partition coefficient (Wildman–Crippen LogP) is 1.72. The quantitative estimate of drug-likeness (QED) is 0.598. The van der Waals surface area contributed by atoms with Gasteiger partial charge in [-0.3, -0.25) is 10.1 Å². The minimum absolute atomic E-state index is 0.259. The number of alkyl halides is 3. The molecule has 1 aliphatic heterocycles. The molecule has 96 valence electrons. The van der Waals surface area contributed by atoms with E-state index in [0.29, 0.717) is 12.1 Å². The second kappa shape index (κ2) is 3.97. The molecule has 0 aromatic heterocycles. The largest absolute Gasteiger partial charge is 0.416 e. The van der Waals surface area contributed by atoms with Crippen molar-refractivity contribution in [1.82, 2.24) is 10.6 Å². The molecule has 3 amide bonds. The summed E-state index contributed by atoms with van der Waals surface area (Å²) in [5.41, 5.74) is -1.47. The van der Waals surface area contributed by atoms with Crippen molar-refractivity contribution in [3.8, 4) is 0 Å². The second-order valence-electron chi connectivity index (χ2n) is 3.67. The maximum Gasteiger partial charge on any atom is 0.416 e. The highest BCUT2D eigenvalue weighted by Crippen LogP contribution is 2.32. The summed E-state index contributed by atoms with van der Waals surface area (Å²) in [4.78, 5) is 22.1. The van der Waals surface area contributed by atoms with Crippen LogP contribution in [0.25, 0.3) is 0 Å². The number of halogens is 4. The van der Waals surface area contributed by atoms with Crippen LogP contribution in [0.2, 0.25) is 0 Å². The van der Waals surface area contributed by atoms with E-state index in [-0.39, 0.29) is 5.56 Å². The number of urea groups is 1. The number of amides is 3. The minimum atomic E-state index is -4.73. The Kier molecular flexibility index (Phi) is 2.72. The van der Waals surface area contributed by atoms with Gasteiger partial charge in [-0.05, 0) is 23.8 Å². The zero-order chi connectivity index (χ0) is 13.5. The monoisotopic (exact) mass is 262 g/mol. The molecule has 18 heavy (non-hydrogen) atoms. The van der Waals surface area contributed by atoms with Gasteiger partial charge >= 0.3 is 12.2 Å². The molecule has 0 radical (unpaired) electrons. The van der Waals surface area contributed by atoms with E-state index in [1.807, 2.05) is 5.32 Å². The Labute approximate surface area is 98.0 Å². The summed E-state index contributed by atoms with van der Waals surface area (Å²) >= 11 is 0. The Balaban J connectivity index is 2.43. The lowest BCUT2D eigenvalue weighted by molar-refractivity contribution is -0.138. The van der Waals surface area contributed by atoms with Gasteiger partial charge < -0.3 is 5.32 Å². The number of nitrogens with one attached hydrogen (secondary N) is 2. The average molecular weight is 262 g/mol. The molecule has 0 saturated carbocycles. The van der Waals surface area contributed by atoms with E-state index in [1.165, 1.54) is 0 Å². The van der Waals surface area contributed by atoms with Crippen molar-refractivity contribution in [1.29, 1.82) is 0 Å². The molecule has 1 saturated heterocycles. The van der Waals surface area contributed by atoms with Gasteiger partial charge in [0.2, 0.25) is 0 Å². The molecule has 1 aromatic carbocycles. The number of benzene rings is 1. The summed E-state index contributed by atoms with van der Waals surface area (Å²) in [5.74, 6) is -1.95. The Morgan fingerprint density at radius 3 is 2.28 bits per heavy atom. The normalized spacial score (nSPS) is 19.7. The van der Waals surface area contributed by atoms with Gasteiger partial charge in [0.1, 0.15) is 11.9 Å². The Morgan fingerprint density at radius 1 is 1.11 bits per heavy atom. The van der Waals surface area contributed by atoms with Crippen LogP contribution in [0.3, 0.4) is 0 Å². The van der Waals surface area contributed by atoms with Crippen LogP contribution in [0.4, 0.5) is 22.4 Å². The molecule has 0 spiro atoms. The summed E-state index contributed by atoms with van der Waals surface area (Å²) in [6, 6.07) is -0.431. The van der Waals surface area contributed by atoms with Crippen molar-refractivity contribution < 1.29 is 27.2 Å². The van der Waals surface area contributed by atoms with Crippen LogP contribution in [0.5, 0.6) is 0 Å². The van der Waals surface area contributed by atoms with E-state index in [9.17, 15) is 27.2 Å². The summed E-state index contributed by atoms with van der Waals surface area (Å²) in [5, 5.41) is 3.94. The molecule has 1 heterocycles. The standard InChI is InChI=1S/C10H6F4N2O2/c11-6-2-4(1-5(3-6)10(12,13)14)7-8(17)16-9(18)15-7/h1-3,7H,(H2,15,16,17,18).